The van der Waals surface area contributed by atoms with Crippen LogP contribution >= 0.6 is 0 Å². The molecule has 15 heteroatoms. The number of esters is 1. The summed E-state index contributed by atoms with van der Waals surface area (Å²) in [5.41, 5.74) is 10.6. The quantitative estimate of drug-likeness (QED) is 0.0814. The number of fused-ring (bicyclic) bond motifs is 2. The number of benzene rings is 2. The third kappa shape index (κ3) is 11.0. The Morgan fingerprint density at radius 1 is 1.06 bits per heavy atom. The molecule has 7 rings (SSSR count). The molecule has 0 saturated carbocycles. The van der Waals surface area contributed by atoms with E-state index in [1.165, 1.54) is 17.9 Å². The molecule has 5 heterocycles. The van der Waals surface area contributed by atoms with Gasteiger partial charge in [-0.25, -0.2) is 5.43 Å². The molecule has 2 N–H and O–H groups in total. The number of aryl methyl sites for hydroxylation is 1. The van der Waals surface area contributed by atoms with Crippen LogP contribution in [-0.2, 0) is 57.6 Å². The molecule has 3 aliphatic heterocycles. The minimum Gasteiger partial charge on any atom is -0.465 e. The first-order valence-corrected chi connectivity index (χ1v) is 24.5. The van der Waals surface area contributed by atoms with Crippen molar-refractivity contribution >= 4 is 40.5 Å². The number of hydrogen-bond acceptors (Lipinski definition) is 10. The van der Waals surface area contributed by atoms with Gasteiger partial charge in [-0.1, -0.05) is 64.6 Å². The lowest BCUT2D eigenvalue weighted by Crippen LogP contribution is -2.60. The van der Waals surface area contributed by atoms with Gasteiger partial charge in [-0.3, -0.25) is 34.0 Å². The van der Waals surface area contributed by atoms with Gasteiger partial charge in [0.1, 0.15) is 12.1 Å². The lowest BCUT2D eigenvalue weighted by atomic mass is 9.84. The van der Waals surface area contributed by atoms with E-state index in [1.54, 1.807) is 30.3 Å². The maximum atomic E-state index is 14.6. The molecule has 2 aromatic heterocycles. The van der Waals surface area contributed by atoms with Crippen LogP contribution in [0.3, 0.4) is 0 Å². The van der Waals surface area contributed by atoms with Crippen molar-refractivity contribution < 1.29 is 38.2 Å². The molecular weight excluding hydrogens is 875 g/mol. The van der Waals surface area contributed by atoms with E-state index in [-0.39, 0.29) is 61.3 Å². The maximum absolute atomic E-state index is 14.6. The molecule has 15 nitrogen and oxygen atoms in total. The number of ether oxygens (including phenoxy) is 3. The van der Waals surface area contributed by atoms with Gasteiger partial charge in [0.05, 0.1) is 42.2 Å². The summed E-state index contributed by atoms with van der Waals surface area (Å²) < 4.78 is 19.7. The number of nitrogens with one attached hydrogen (secondary N) is 2. The third-order valence-corrected chi connectivity index (χ3v) is 14.1. The zero-order valence-corrected chi connectivity index (χ0v) is 41.9. The molecule has 2 aromatic carbocycles. The molecule has 0 radical (unpaired) electrons. The van der Waals surface area contributed by atoms with Crippen LogP contribution in [0.25, 0.3) is 33.3 Å². The van der Waals surface area contributed by atoms with E-state index in [2.05, 4.69) is 79.1 Å². The Kier molecular flexibility index (Phi) is 16.1. The minimum absolute atomic E-state index is 0.181. The van der Waals surface area contributed by atoms with Crippen molar-refractivity contribution in [3.05, 3.63) is 90.3 Å². The van der Waals surface area contributed by atoms with Crippen LogP contribution in [0.15, 0.2) is 73.4 Å². The lowest BCUT2D eigenvalue weighted by molar-refractivity contribution is -0.147. The number of aromatic nitrogens is 2. The number of carbonyl (C=O) groups is 5. The van der Waals surface area contributed by atoms with Gasteiger partial charge in [-0.2, -0.15) is 0 Å². The minimum atomic E-state index is -0.948. The number of likely N-dealkylation sites (N-methyl/N-ethyl adjacent to an activating group) is 1. The maximum Gasteiger partial charge on any atom is 0.302 e. The van der Waals surface area contributed by atoms with Crippen LogP contribution < -0.4 is 10.7 Å². The summed E-state index contributed by atoms with van der Waals surface area (Å²) in [7, 11) is 3.31. The van der Waals surface area contributed by atoms with Crippen molar-refractivity contribution in [1.82, 2.24) is 35.1 Å². The molecule has 370 valence electrons. The lowest BCUT2D eigenvalue weighted by Gasteiger charge is -2.35. The van der Waals surface area contributed by atoms with Crippen molar-refractivity contribution in [2.45, 2.75) is 117 Å². The topological polar surface area (TPSA) is 165 Å². The number of nitrogens with zero attached hydrogens (tertiary/aromatic N) is 5. The summed E-state index contributed by atoms with van der Waals surface area (Å²) in [6.45, 7) is 19.9. The molecule has 0 spiro atoms. The molecule has 4 aromatic rings. The number of methoxy groups -OCH3 is 1. The normalized spacial score (nSPS) is 19.5. The fourth-order valence-corrected chi connectivity index (χ4v) is 10.6. The van der Waals surface area contributed by atoms with Gasteiger partial charge >= 0.3 is 5.97 Å². The number of hydrazine groups is 1. The highest BCUT2D eigenvalue weighted by atomic mass is 16.5. The Morgan fingerprint density at radius 3 is 2.51 bits per heavy atom. The monoisotopic (exact) mass is 946 g/mol. The summed E-state index contributed by atoms with van der Waals surface area (Å²) >= 11 is 0. The van der Waals surface area contributed by atoms with Crippen LogP contribution in [0.4, 0.5) is 0 Å². The van der Waals surface area contributed by atoms with Gasteiger partial charge in [0.25, 0.3) is 5.91 Å². The second-order valence-electron chi connectivity index (χ2n) is 19.9. The van der Waals surface area contributed by atoms with E-state index < -0.39 is 35.4 Å². The summed E-state index contributed by atoms with van der Waals surface area (Å²) in [4.78, 5) is 76.1. The Balaban J connectivity index is 1.22. The predicted molar refractivity (Wildman–Crippen MR) is 265 cm³/mol. The number of hydrogen-bond donors (Lipinski definition) is 2. The van der Waals surface area contributed by atoms with Gasteiger partial charge in [0, 0.05) is 88.4 Å². The van der Waals surface area contributed by atoms with E-state index in [4.69, 9.17) is 19.2 Å². The first-order valence-electron chi connectivity index (χ1n) is 24.5. The van der Waals surface area contributed by atoms with E-state index in [0.717, 1.165) is 62.9 Å². The molecule has 4 amide bonds. The Bertz CT molecular complexity index is 2550. The molecular formula is C54H71N7O8. The van der Waals surface area contributed by atoms with Gasteiger partial charge in [-0.05, 0) is 98.0 Å². The summed E-state index contributed by atoms with van der Waals surface area (Å²) in [5, 5.41) is 5.78. The highest BCUT2D eigenvalue weighted by molar-refractivity contribution is 5.96. The number of rotatable bonds is 18. The molecule has 0 unspecified atom stereocenters. The van der Waals surface area contributed by atoms with Gasteiger partial charge < -0.3 is 33.9 Å². The highest BCUT2D eigenvalue weighted by Crippen LogP contribution is 2.42. The fraction of sp³-hybridized carbons (Fsp3) is 0.519. The van der Waals surface area contributed by atoms with E-state index in [9.17, 15) is 24.0 Å². The van der Waals surface area contributed by atoms with Crippen molar-refractivity contribution in [2.75, 3.05) is 47.0 Å². The highest BCUT2D eigenvalue weighted by Gasteiger charge is 2.51. The van der Waals surface area contributed by atoms with Crippen molar-refractivity contribution in [3.63, 3.8) is 0 Å². The molecule has 69 heavy (non-hydrogen) atoms. The average molecular weight is 946 g/mol. The van der Waals surface area contributed by atoms with Crippen LogP contribution in [0.2, 0.25) is 0 Å². The van der Waals surface area contributed by atoms with E-state index in [1.807, 2.05) is 39.0 Å². The van der Waals surface area contributed by atoms with Crippen LogP contribution in [-0.4, -0.2) is 125 Å². The summed E-state index contributed by atoms with van der Waals surface area (Å²) in [6, 6.07) is 16.5. The Morgan fingerprint density at radius 2 is 1.83 bits per heavy atom. The predicted octanol–water partition coefficient (Wildman–Crippen LogP) is 6.67. The first-order chi connectivity index (χ1) is 33.0. The Labute approximate surface area is 406 Å². The van der Waals surface area contributed by atoms with Crippen LogP contribution in [0, 0.1) is 17.3 Å². The zero-order valence-electron chi connectivity index (χ0n) is 41.9. The average Bonchev–Trinajstić information content (AvgIpc) is 4.05. The van der Waals surface area contributed by atoms with Crippen LogP contribution in [0.1, 0.15) is 90.7 Å². The van der Waals surface area contributed by atoms with E-state index >= 15 is 0 Å². The first kappa shape index (κ1) is 51.0. The summed E-state index contributed by atoms with van der Waals surface area (Å²) in [6.07, 6.45) is 5.52. The number of pyridine rings is 1. The van der Waals surface area contributed by atoms with E-state index in [0.29, 0.717) is 39.1 Å². The molecule has 0 aliphatic carbocycles. The molecule has 3 saturated heterocycles. The van der Waals surface area contributed by atoms with Crippen molar-refractivity contribution in [3.8, 4) is 22.4 Å². The fourth-order valence-electron chi connectivity index (χ4n) is 10.6. The second-order valence-corrected chi connectivity index (χ2v) is 19.9. The SMILES string of the molecule is C=CC(=O)N1C[C@@H](C(=O)N(C)[C@H](C(=O)N[C@@H](Cc2cccc(-c3ccc4c(c3)c(CC(C)(C)COC(C)=O)c(-c3cccnc3[C@H](C)OC)n4CC)c2)C(=O)N2CCCCN2)C(C)C)[C@H]2OCC[C@H]21. The van der Waals surface area contributed by atoms with Crippen molar-refractivity contribution in [1.29, 1.82) is 0 Å². The molecule has 3 aliphatic rings. The smallest absolute Gasteiger partial charge is 0.302 e. The third-order valence-electron chi connectivity index (χ3n) is 14.1. The number of carbonyl (C=O) groups excluding carboxylic acids is 5. The van der Waals surface area contributed by atoms with Crippen molar-refractivity contribution in [2.24, 2.45) is 17.3 Å². The Hall–Kier alpha value is -5.90. The molecule has 3 fully saturated rings. The standard InChI is InChI=1S/C54H71N7O8/c1-11-46(63)60-31-42(50-45(60)22-26-68-50)52(65)58(9)48(33(3)4)51(64)57-43(53(66)61-25-14-13-24-56-61)28-36-17-15-18-37(27-36)38-20-21-44-40(29-38)41(30-54(7,8)32-69-35(6)62)49(59(44)12-2)39-19-16-23-55-47(39)34(5)67-10/h11,15-21,23,27,29,33-34,42-43,45,48,50,56H,1,12-14,22,24-26,28,30-32H2,2-10H3,(H,57,64)/t34-,42+,43-,45+,48-,50+/m0/s1. The van der Waals surface area contributed by atoms with Gasteiger partial charge in [-0.15, -0.1) is 0 Å². The largest absolute Gasteiger partial charge is 0.465 e. The molecule has 0 bridgehead atoms. The number of amides is 4. The van der Waals surface area contributed by atoms with Gasteiger partial charge in [0.15, 0.2) is 0 Å². The zero-order chi connectivity index (χ0) is 49.7. The molecule has 6 atom stereocenters. The summed E-state index contributed by atoms with van der Waals surface area (Å²) in [5.74, 6) is -2.49. The van der Waals surface area contributed by atoms with Crippen LogP contribution in [0.5, 0.6) is 0 Å². The second kappa shape index (κ2) is 21.8. The number of likely N-dealkylation sites (tertiary alicyclic amines) is 1. The van der Waals surface area contributed by atoms with Gasteiger partial charge in [0.2, 0.25) is 17.7 Å².